The number of hydrogen-bond acceptors (Lipinski definition) is 4. The summed E-state index contributed by atoms with van der Waals surface area (Å²) in [7, 11) is 0. The molecule has 0 radical (unpaired) electrons. The molecule has 1 aliphatic heterocycles. The first-order valence-corrected chi connectivity index (χ1v) is 10.3. The van der Waals surface area contributed by atoms with Crippen LogP contribution in [0.25, 0.3) is 0 Å². The molecule has 0 amide bonds. The van der Waals surface area contributed by atoms with E-state index >= 15 is 0 Å². The van der Waals surface area contributed by atoms with E-state index in [0.29, 0.717) is 13.1 Å². The summed E-state index contributed by atoms with van der Waals surface area (Å²) in [5.41, 5.74) is 1.19. The van der Waals surface area contributed by atoms with Gasteiger partial charge in [0.25, 0.3) is 0 Å². The highest BCUT2D eigenvalue weighted by molar-refractivity contribution is 5.77. The van der Waals surface area contributed by atoms with E-state index in [-0.39, 0.29) is 11.8 Å². The first-order chi connectivity index (χ1) is 12.6. The quantitative estimate of drug-likeness (QED) is 0.750. The van der Waals surface area contributed by atoms with Crippen molar-refractivity contribution < 1.29 is 9.90 Å². The summed E-state index contributed by atoms with van der Waals surface area (Å²) in [4.78, 5) is 13.9. The third-order valence-electron chi connectivity index (χ3n) is 6.20. The van der Waals surface area contributed by atoms with Gasteiger partial charge < -0.3 is 15.3 Å². The van der Waals surface area contributed by atoms with Crippen molar-refractivity contribution in [3.05, 3.63) is 35.9 Å². The molecule has 0 bridgehead atoms. The van der Waals surface area contributed by atoms with Gasteiger partial charge in [0.2, 0.25) is 0 Å². The lowest BCUT2D eigenvalue weighted by molar-refractivity contribution is -0.116. The first kappa shape index (κ1) is 19.5. The number of fused-ring (bicyclic) bond motifs is 1. The third-order valence-corrected chi connectivity index (χ3v) is 6.20. The van der Waals surface area contributed by atoms with E-state index in [1.807, 2.05) is 18.2 Å². The highest BCUT2D eigenvalue weighted by atomic mass is 16.3. The van der Waals surface area contributed by atoms with Gasteiger partial charge in [-0.15, -0.1) is 0 Å². The molecule has 2 aliphatic rings. The van der Waals surface area contributed by atoms with E-state index in [0.717, 1.165) is 31.3 Å². The Hall–Kier alpha value is -1.23. The number of hydrogen-bond donors (Lipinski definition) is 2. The molecule has 0 spiro atoms. The van der Waals surface area contributed by atoms with Crippen molar-refractivity contribution in [1.82, 2.24) is 10.2 Å². The van der Waals surface area contributed by atoms with Crippen molar-refractivity contribution in [2.75, 3.05) is 26.2 Å². The van der Waals surface area contributed by atoms with E-state index in [4.69, 9.17) is 0 Å². The summed E-state index contributed by atoms with van der Waals surface area (Å²) >= 11 is 0. The molecular formula is C22H34N2O2. The Bertz CT molecular complexity index is 563. The van der Waals surface area contributed by atoms with Crippen LogP contribution in [0.15, 0.2) is 30.3 Å². The van der Waals surface area contributed by atoms with Crippen LogP contribution in [0.1, 0.15) is 44.6 Å². The summed E-state index contributed by atoms with van der Waals surface area (Å²) in [6.07, 6.45) is 7.09. The molecule has 1 saturated heterocycles. The molecule has 3 rings (SSSR count). The predicted molar refractivity (Wildman–Crippen MR) is 105 cm³/mol. The van der Waals surface area contributed by atoms with Gasteiger partial charge >= 0.3 is 0 Å². The zero-order valence-electron chi connectivity index (χ0n) is 16.1. The molecule has 1 unspecified atom stereocenters. The number of aliphatic hydroxyl groups excluding tert-OH is 1. The van der Waals surface area contributed by atoms with Crippen molar-refractivity contribution in [2.24, 2.45) is 11.8 Å². The number of carbonyl (C=O) groups is 1. The second-order valence-electron chi connectivity index (χ2n) is 8.30. The van der Waals surface area contributed by atoms with Crippen molar-refractivity contribution in [3.63, 3.8) is 0 Å². The van der Waals surface area contributed by atoms with Crippen molar-refractivity contribution in [3.8, 4) is 0 Å². The molecule has 2 fully saturated rings. The van der Waals surface area contributed by atoms with Crippen LogP contribution in [-0.2, 0) is 11.2 Å². The smallest absolute Gasteiger partial charge is 0.143 e. The highest BCUT2D eigenvalue weighted by Crippen LogP contribution is 2.36. The minimum absolute atomic E-state index is 0.0922. The summed E-state index contributed by atoms with van der Waals surface area (Å²) in [5.74, 6) is 1.84. The molecule has 4 atom stereocenters. The Morgan fingerprint density at radius 1 is 1.19 bits per heavy atom. The Morgan fingerprint density at radius 3 is 2.65 bits per heavy atom. The topological polar surface area (TPSA) is 52.6 Å². The normalized spacial score (nSPS) is 26.1. The number of nitrogens with one attached hydrogen (secondary N) is 1. The highest BCUT2D eigenvalue weighted by Gasteiger charge is 2.32. The zero-order valence-corrected chi connectivity index (χ0v) is 16.1. The van der Waals surface area contributed by atoms with Crippen molar-refractivity contribution in [2.45, 2.75) is 57.6 Å². The molecule has 0 aromatic heterocycles. The largest absolute Gasteiger partial charge is 0.390 e. The van der Waals surface area contributed by atoms with Crippen molar-refractivity contribution in [1.29, 1.82) is 0 Å². The number of nitrogens with zero attached hydrogens (tertiary/aromatic N) is 1. The summed E-state index contributed by atoms with van der Waals surface area (Å²) in [6, 6.07) is 10.1. The molecule has 1 aromatic carbocycles. The molecule has 1 heterocycles. The number of carbonyl (C=O) groups excluding carboxylic acids is 1. The molecule has 26 heavy (non-hydrogen) atoms. The lowest BCUT2D eigenvalue weighted by atomic mass is 9.75. The van der Waals surface area contributed by atoms with Gasteiger partial charge in [-0.2, -0.15) is 0 Å². The maximum absolute atomic E-state index is 11.4. The molecule has 144 valence electrons. The lowest BCUT2D eigenvalue weighted by Gasteiger charge is -2.42. The Balaban J connectivity index is 1.57. The van der Waals surface area contributed by atoms with Gasteiger partial charge in [0.05, 0.1) is 12.6 Å². The standard InChI is InChI=1S/C22H34N2O2/c1-17(25)14-23-21(13-18-7-3-2-4-8-18)22(26)16-24-12-11-19-9-5-6-10-20(19)15-24/h2-4,7-8,19-23,26H,5-6,9-16H2,1H3/t19-,20+,21?,22+/m0/s1. The van der Waals surface area contributed by atoms with Crippen LogP contribution in [0.2, 0.25) is 0 Å². The predicted octanol–water partition coefficient (Wildman–Crippen LogP) is 2.65. The van der Waals surface area contributed by atoms with Crippen LogP contribution < -0.4 is 5.32 Å². The van der Waals surface area contributed by atoms with E-state index in [2.05, 4.69) is 22.3 Å². The Kier molecular flexibility index (Phi) is 7.23. The first-order valence-electron chi connectivity index (χ1n) is 10.3. The molecule has 4 nitrogen and oxygen atoms in total. The third kappa shape index (κ3) is 5.63. The van der Waals surface area contributed by atoms with Gasteiger partial charge in [0.1, 0.15) is 5.78 Å². The average Bonchev–Trinajstić information content (AvgIpc) is 2.65. The molecule has 1 aliphatic carbocycles. The van der Waals surface area contributed by atoms with Gasteiger partial charge in [0, 0.05) is 19.1 Å². The van der Waals surface area contributed by atoms with E-state index in [1.54, 1.807) is 6.92 Å². The molecule has 1 aromatic rings. The van der Waals surface area contributed by atoms with Crippen LogP contribution in [0, 0.1) is 11.8 Å². The second kappa shape index (κ2) is 9.63. The molecule has 2 N–H and O–H groups in total. The van der Waals surface area contributed by atoms with Crippen LogP contribution in [0.3, 0.4) is 0 Å². The minimum atomic E-state index is -0.463. The van der Waals surface area contributed by atoms with Gasteiger partial charge in [-0.25, -0.2) is 0 Å². The number of likely N-dealkylation sites (tertiary alicyclic amines) is 1. The van der Waals surface area contributed by atoms with Gasteiger partial charge in [-0.3, -0.25) is 4.79 Å². The monoisotopic (exact) mass is 358 g/mol. The number of piperidine rings is 1. The molecule has 4 heteroatoms. The number of β-amino-alcohol motifs (C(OH)–C–C–N with tert-alkyl or cyclic N) is 1. The zero-order chi connectivity index (χ0) is 18.4. The van der Waals surface area contributed by atoms with Crippen LogP contribution in [0.4, 0.5) is 0 Å². The van der Waals surface area contributed by atoms with E-state index in [1.165, 1.54) is 37.7 Å². The minimum Gasteiger partial charge on any atom is -0.390 e. The van der Waals surface area contributed by atoms with Gasteiger partial charge in [-0.05, 0) is 50.1 Å². The fraction of sp³-hybridized carbons (Fsp3) is 0.682. The molecule has 1 saturated carbocycles. The van der Waals surface area contributed by atoms with E-state index < -0.39 is 6.10 Å². The number of benzene rings is 1. The maximum Gasteiger partial charge on any atom is 0.143 e. The van der Waals surface area contributed by atoms with Gasteiger partial charge in [0.15, 0.2) is 0 Å². The number of aliphatic hydroxyl groups is 1. The lowest BCUT2D eigenvalue weighted by Crippen LogP contribution is -2.51. The second-order valence-corrected chi connectivity index (χ2v) is 8.30. The average molecular weight is 359 g/mol. The fourth-order valence-electron chi connectivity index (χ4n) is 4.72. The summed E-state index contributed by atoms with van der Waals surface area (Å²) < 4.78 is 0. The van der Waals surface area contributed by atoms with Gasteiger partial charge in [-0.1, -0.05) is 49.6 Å². The summed E-state index contributed by atoms with van der Waals surface area (Å²) in [6.45, 7) is 4.84. The van der Waals surface area contributed by atoms with Crippen LogP contribution in [0.5, 0.6) is 0 Å². The molecular weight excluding hydrogens is 324 g/mol. The number of Topliss-reactive ketones (excluding diaryl/α,β-unsaturated/α-hetero) is 1. The van der Waals surface area contributed by atoms with Crippen LogP contribution >= 0.6 is 0 Å². The number of rotatable bonds is 8. The fourth-order valence-corrected chi connectivity index (χ4v) is 4.72. The summed E-state index contributed by atoms with van der Waals surface area (Å²) in [5, 5.41) is 14.2. The number of ketones is 1. The van der Waals surface area contributed by atoms with Crippen molar-refractivity contribution >= 4 is 5.78 Å². The Labute approximate surface area is 158 Å². The Morgan fingerprint density at radius 2 is 1.92 bits per heavy atom. The SMILES string of the molecule is CC(=O)CNC(Cc1ccccc1)[C@H](O)CN1CC[C@@H]2CCCC[C@@H]2C1. The van der Waals surface area contributed by atoms with E-state index in [9.17, 15) is 9.90 Å². The maximum atomic E-state index is 11.4. The van der Waals surface area contributed by atoms with Crippen LogP contribution in [-0.4, -0.2) is 54.1 Å².